The van der Waals surface area contributed by atoms with Crippen LogP contribution in [0.2, 0.25) is 0 Å². The largest absolute Gasteiger partial charge is 0.497 e. The highest BCUT2D eigenvalue weighted by molar-refractivity contribution is 7.13. The van der Waals surface area contributed by atoms with Gasteiger partial charge in [-0.1, -0.05) is 6.07 Å². The van der Waals surface area contributed by atoms with E-state index in [4.69, 9.17) is 18.6 Å². The fourth-order valence-corrected chi connectivity index (χ4v) is 4.62. The van der Waals surface area contributed by atoms with E-state index in [9.17, 15) is 9.59 Å². The Balaban J connectivity index is 1.79. The zero-order chi connectivity index (χ0) is 22.4. The number of methoxy groups -OCH3 is 3. The van der Waals surface area contributed by atoms with Gasteiger partial charge < -0.3 is 18.6 Å². The second-order valence-corrected chi connectivity index (χ2v) is 7.92. The molecule has 9 heteroatoms. The van der Waals surface area contributed by atoms with Gasteiger partial charge in [0, 0.05) is 17.6 Å². The first kappa shape index (κ1) is 20.1. The molecule has 1 atom stereocenters. The molecular weight excluding hydrogens is 432 g/mol. The number of anilines is 1. The molecule has 0 spiro atoms. The van der Waals surface area contributed by atoms with Gasteiger partial charge in [-0.2, -0.15) is 0 Å². The summed E-state index contributed by atoms with van der Waals surface area (Å²) >= 11 is 1.30. The SMILES string of the molecule is COc1ccc2c(=O)c3c(oc2c1)C(=O)N(c1nccs1)C3c1ccc(OC)c(OC)c1. The fraction of sp³-hybridized carbons (Fsp3) is 0.174. The number of carbonyl (C=O) groups is 1. The number of nitrogens with zero attached hydrogens (tertiary/aromatic N) is 2. The van der Waals surface area contributed by atoms with Gasteiger partial charge >= 0.3 is 0 Å². The second-order valence-electron chi connectivity index (χ2n) is 7.04. The highest BCUT2D eigenvalue weighted by atomic mass is 32.1. The van der Waals surface area contributed by atoms with E-state index in [0.29, 0.717) is 33.3 Å². The van der Waals surface area contributed by atoms with E-state index in [1.165, 1.54) is 30.5 Å². The third-order valence-corrected chi connectivity index (χ3v) is 6.20. The maximum absolute atomic E-state index is 13.6. The van der Waals surface area contributed by atoms with E-state index in [1.54, 1.807) is 55.1 Å². The van der Waals surface area contributed by atoms with Crippen LogP contribution in [0, 0.1) is 0 Å². The van der Waals surface area contributed by atoms with Gasteiger partial charge in [0.15, 0.2) is 22.1 Å². The molecule has 0 aliphatic carbocycles. The molecule has 4 aromatic rings. The van der Waals surface area contributed by atoms with Crippen LogP contribution in [0.15, 0.2) is 57.2 Å². The lowest BCUT2D eigenvalue weighted by Gasteiger charge is -2.23. The summed E-state index contributed by atoms with van der Waals surface area (Å²) in [5, 5.41) is 2.60. The lowest BCUT2D eigenvalue weighted by molar-refractivity contribution is 0.0971. The Morgan fingerprint density at radius 2 is 1.81 bits per heavy atom. The predicted octanol–water partition coefficient (Wildman–Crippen LogP) is 4.03. The van der Waals surface area contributed by atoms with Gasteiger partial charge in [-0.3, -0.25) is 14.5 Å². The van der Waals surface area contributed by atoms with E-state index in [0.717, 1.165) is 0 Å². The van der Waals surface area contributed by atoms with E-state index >= 15 is 0 Å². The van der Waals surface area contributed by atoms with Gasteiger partial charge in [-0.15, -0.1) is 11.3 Å². The minimum Gasteiger partial charge on any atom is -0.497 e. The maximum Gasteiger partial charge on any atom is 0.297 e. The Morgan fingerprint density at radius 3 is 2.50 bits per heavy atom. The third kappa shape index (κ3) is 2.93. The van der Waals surface area contributed by atoms with Crippen molar-refractivity contribution in [3.05, 3.63) is 75.1 Å². The topological polar surface area (TPSA) is 91.1 Å². The summed E-state index contributed by atoms with van der Waals surface area (Å²) in [6, 6.07) is 9.49. The normalized spacial score (nSPS) is 15.2. The molecule has 1 amide bonds. The number of hydrogen-bond acceptors (Lipinski definition) is 8. The Morgan fingerprint density at radius 1 is 1.00 bits per heavy atom. The molecule has 32 heavy (non-hydrogen) atoms. The molecule has 8 nitrogen and oxygen atoms in total. The van der Waals surface area contributed by atoms with Crippen LogP contribution in [0.5, 0.6) is 17.2 Å². The summed E-state index contributed by atoms with van der Waals surface area (Å²) < 4.78 is 22.0. The molecule has 1 aliphatic heterocycles. The third-order valence-electron chi connectivity index (χ3n) is 5.43. The van der Waals surface area contributed by atoms with Crippen molar-refractivity contribution in [3.63, 3.8) is 0 Å². The summed E-state index contributed by atoms with van der Waals surface area (Å²) in [6.45, 7) is 0. The molecule has 5 rings (SSSR count). The van der Waals surface area contributed by atoms with Gasteiger partial charge in [0.2, 0.25) is 5.76 Å². The Labute approximate surface area is 186 Å². The molecule has 0 radical (unpaired) electrons. The van der Waals surface area contributed by atoms with Crippen molar-refractivity contribution in [1.82, 2.24) is 4.98 Å². The summed E-state index contributed by atoms with van der Waals surface area (Å²) in [7, 11) is 4.60. The molecule has 162 valence electrons. The lowest BCUT2D eigenvalue weighted by atomic mass is 9.98. The lowest BCUT2D eigenvalue weighted by Crippen LogP contribution is -2.29. The van der Waals surface area contributed by atoms with Crippen LogP contribution in [0.4, 0.5) is 5.13 Å². The molecule has 0 fully saturated rings. The first-order chi connectivity index (χ1) is 15.6. The van der Waals surface area contributed by atoms with E-state index in [2.05, 4.69) is 4.98 Å². The van der Waals surface area contributed by atoms with Crippen molar-refractivity contribution in [2.45, 2.75) is 6.04 Å². The number of rotatable bonds is 5. The highest BCUT2D eigenvalue weighted by Gasteiger charge is 2.45. The van der Waals surface area contributed by atoms with Crippen LogP contribution in [0.3, 0.4) is 0 Å². The van der Waals surface area contributed by atoms with E-state index in [-0.39, 0.29) is 22.3 Å². The number of hydrogen-bond donors (Lipinski definition) is 0. The van der Waals surface area contributed by atoms with E-state index < -0.39 is 11.9 Å². The molecule has 0 N–H and O–H groups in total. The van der Waals surface area contributed by atoms with Crippen LogP contribution in [-0.2, 0) is 0 Å². The number of aromatic nitrogens is 1. The first-order valence-electron chi connectivity index (χ1n) is 9.67. The molecule has 2 aromatic heterocycles. The average molecular weight is 450 g/mol. The number of ether oxygens (including phenoxy) is 3. The number of amides is 1. The summed E-state index contributed by atoms with van der Waals surface area (Å²) in [4.78, 5) is 32.9. The first-order valence-corrected chi connectivity index (χ1v) is 10.5. The van der Waals surface area contributed by atoms with Crippen LogP contribution in [0.1, 0.15) is 27.7 Å². The van der Waals surface area contributed by atoms with Gasteiger partial charge in [0.05, 0.1) is 38.3 Å². The quantitative estimate of drug-likeness (QED) is 0.453. The minimum absolute atomic E-state index is 0.00858. The number of benzene rings is 2. The van der Waals surface area contributed by atoms with Crippen LogP contribution in [0.25, 0.3) is 11.0 Å². The van der Waals surface area contributed by atoms with Crippen LogP contribution >= 0.6 is 11.3 Å². The van der Waals surface area contributed by atoms with Gasteiger partial charge in [-0.25, -0.2) is 4.98 Å². The average Bonchev–Trinajstić information content (AvgIpc) is 3.45. The fourth-order valence-electron chi connectivity index (χ4n) is 3.95. The van der Waals surface area contributed by atoms with Gasteiger partial charge in [-0.05, 0) is 29.8 Å². The van der Waals surface area contributed by atoms with Crippen LogP contribution in [-0.4, -0.2) is 32.2 Å². The Bertz CT molecular complexity index is 1400. The number of thiazole rings is 1. The van der Waals surface area contributed by atoms with Crippen molar-refractivity contribution in [1.29, 1.82) is 0 Å². The highest BCUT2D eigenvalue weighted by Crippen LogP contribution is 2.43. The number of fused-ring (bicyclic) bond motifs is 2. The van der Waals surface area contributed by atoms with Gasteiger partial charge in [0.1, 0.15) is 11.3 Å². The molecular formula is C23H18N2O6S. The Kier molecular flexibility index (Phi) is 4.82. The van der Waals surface area contributed by atoms with Crippen molar-refractivity contribution in [2.75, 3.05) is 26.2 Å². The van der Waals surface area contributed by atoms with Crippen LogP contribution < -0.4 is 24.5 Å². The molecule has 1 aliphatic rings. The zero-order valence-electron chi connectivity index (χ0n) is 17.4. The maximum atomic E-state index is 13.6. The van der Waals surface area contributed by atoms with Crippen molar-refractivity contribution < 1.29 is 23.4 Å². The molecule has 0 saturated carbocycles. The second kappa shape index (κ2) is 7.69. The minimum atomic E-state index is -0.730. The zero-order valence-corrected chi connectivity index (χ0v) is 18.3. The smallest absolute Gasteiger partial charge is 0.297 e. The number of carbonyl (C=O) groups excluding carboxylic acids is 1. The van der Waals surface area contributed by atoms with Crippen molar-refractivity contribution >= 4 is 33.3 Å². The van der Waals surface area contributed by atoms with Crippen molar-refractivity contribution in [3.8, 4) is 17.2 Å². The molecule has 1 unspecified atom stereocenters. The summed E-state index contributed by atoms with van der Waals surface area (Å²) in [6.07, 6.45) is 1.61. The monoisotopic (exact) mass is 450 g/mol. The van der Waals surface area contributed by atoms with E-state index in [1.807, 2.05) is 0 Å². The molecule has 0 bridgehead atoms. The molecule has 3 heterocycles. The molecule has 2 aromatic carbocycles. The van der Waals surface area contributed by atoms with Crippen molar-refractivity contribution in [2.24, 2.45) is 0 Å². The Hall–Kier alpha value is -3.85. The molecule has 0 saturated heterocycles. The van der Waals surface area contributed by atoms with Gasteiger partial charge in [0.25, 0.3) is 5.91 Å². The predicted molar refractivity (Wildman–Crippen MR) is 119 cm³/mol. The summed E-state index contributed by atoms with van der Waals surface area (Å²) in [5.74, 6) is 1.11. The standard InChI is InChI=1S/C23H18N2O6S/c1-28-13-5-6-14-16(11-13)31-21-18(20(14)26)19(25(22(21)27)23-24-8-9-32-23)12-4-7-15(29-2)17(10-12)30-3/h4-11,19H,1-3H3. The summed E-state index contributed by atoms with van der Waals surface area (Å²) in [5.41, 5.74) is 0.935.